The summed E-state index contributed by atoms with van der Waals surface area (Å²) in [4.78, 5) is 33.9. The molecule has 0 bridgehead atoms. The van der Waals surface area contributed by atoms with E-state index in [2.05, 4.69) is 35.9 Å². The number of hydrogen-bond donors (Lipinski definition) is 1. The molecule has 0 spiro atoms. The lowest BCUT2D eigenvalue weighted by Gasteiger charge is -2.33. The number of para-hydroxylation sites is 1. The summed E-state index contributed by atoms with van der Waals surface area (Å²) in [5.41, 5.74) is 1.94. The molecule has 33 heavy (non-hydrogen) atoms. The minimum Gasteiger partial charge on any atom is -0.417 e. The zero-order chi connectivity index (χ0) is 22.5. The summed E-state index contributed by atoms with van der Waals surface area (Å²) < 4.78 is 26.7. The molecule has 2 aliphatic heterocycles. The number of hydrogen-bond acceptors (Lipinski definition) is 8. The standard InChI is InChI=1S/C21H18BrFN6O3S/c22-18-17(32-21(27-18)28-6-8-31-9-7-28)20(30)29-5-4-12-15(25-10-24-12)16(29)19-26-14-11(23)2-1-3-13(14)33-19/h1-3,10,16H,4-9H2,(H,24,25)/t16-/m0/s1. The molecule has 2 aliphatic rings. The number of anilines is 1. The number of halogens is 2. The SMILES string of the molecule is O=C(c1oc(N2CCOCC2)nc1Br)N1CCc2[nH]cnc2[C@H]1c1nc2c(F)cccc2s1. The number of oxazole rings is 1. The third kappa shape index (κ3) is 3.52. The number of nitrogens with zero attached hydrogens (tertiary/aromatic N) is 5. The number of carbonyl (C=O) groups excluding carboxylic acids is 1. The van der Waals surface area contributed by atoms with Crippen LogP contribution in [0.4, 0.5) is 10.4 Å². The fraction of sp³-hybridized carbons (Fsp3) is 0.333. The Hall–Kier alpha value is -2.83. The quantitative estimate of drug-likeness (QED) is 0.430. The van der Waals surface area contributed by atoms with Crippen LogP contribution in [0.5, 0.6) is 0 Å². The van der Waals surface area contributed by atoms with Gasteiger partial charge in [-0.05, 0) is 28.1 Å². The van der Waals surface area contributed by atoms with E-state index < -0.39 is 6.04 Å². The number of ether oxygens (including phenoxy) is 1. The lowest BCUT2D eigenvalue weighted by molar-refractivity contribution is 0.0656. The molecule has 1 amide bonds. The summed E-state index contributed by atoms with van der Waals surface area (Å²) in [6.07, 6.45) is 2.22. The van der Waals surface area contributed by atoms with E-state index in [1.54, 1.807) is 17.3 Å². The average Bonchev–Trinajstić information content (AvgIpc) is 3.57. The fourth-order valence-electron chi connectivity index (χ4n) is 4.24. The van der Waals surface area contributed by atoms with E-state index in [0.717, 1.165) is 10.4 Å². The van der Waals surface area contributed by atoms with E-state index in [9.17, 15) is 9.18 Å². The number of imidazole rings is 1. The maximum Gasteiger partial charge on any atom is 0.299 e. The van der Waals surface area contributed by atoms with Gasteiger partial charge in [-0.2, -0.15) is 4.98 Å². The van der Waals surface area contributed by atoms with Crippen LogP contribution in [-0.2, 0) is 11.2 Å². The van der Waals surface area contributed by atoms with Gasteiger partial charge in [0, 0.05) is 31.7 Å². The largest absolute Gasteiger partial charge is 0.417 e. The Kier molecular flexibility index (Phi) is 5.15. The summed E-state index contributed by atoms with van der Waals surface area (Å²) in [6, 6.07) is 4.68. The maximum atomic E-state index is 14.4. The number of rotatable bonds is 3. The molecule has 0 unspecified atom stereocenters. The Morgan fingerprint density at radius 1 is 1.24 bits per heavy atom. The van der Waals surface area contributed by atoms with Crippen molar-refractivity contribution in [3.63, 3.8) is 0 Å². The number of amides is 1. The van der Waals surface area contributed by atoms with Crippen LogP contribution in [-0.4, -0.2) is 63.6 Å². The Morgan fingerprint density at radius 2 is 2.09 bits per heavy atom. The van der Waals surface area contributed by atoms with Crippen molar-refractivity contribution in [1.82, 2.24) is 24.8 Å². The summed E-state index contributed by atoms with van der Waals surface area (Å²) in [6.45, 7) is 2.86. The molecule has 6 rings (SSSR count). The van der Waals surface area contributed by atoms with Crippen LogP contribution in [0.2, 0.25) is 0 Å². The van der Waals surface area contributed by atoms with Crippen LogP contribution in [0, 0.1) is 5.82 Å². The van der Waals surface area contributed by atoms with E-state index in [1.807, 2.05) is 11.0 Å². The van der Waals surface area contributed by atoms with Gasteiger partial charge >= 0.3 is 0 Å². The van der Waals surface area contributed by atoms with Gasteiger partial charge in [0.2, 0.25) is 5.76 Å². The van der Waals surface area contributed by atoms with Crippen molar-refractivity contribution in [2.75, 3.05) is 37.7 Å². The summed E-state index contributed by atoms with van der Waals surface area (Å²) in [5.74, 6) is -0.598. The van der Waals surface area contributed by atoms with E-state index in [4.69, 9.17) is 9.15 Å². The average molecular weight is 533 g/mol. The predicted molar refractivity (Wildman–Crippen MR) is 122 cm³/mol. The molecule has 5 heterocycles. The number of fused-ring (bicyclic) bond motifs is 2. The first kappa shape index (κ1) is 20.8. The van der Waals surface area contributed by atoms with Crippen molar-refractivity contribution in [1.29, 1.82) is 0 Å². The zero-order valence-corrected chi connectivity index (χ0v) is 19.7. The van der Waals surface area contributed by atoms with Crippen LogP contribution in [0.25, 0.3) is 10.2 Å². The van der Waals surface area contributed by atoms with Gasteiger partial charge in [0.05, 0.1) is 29.9 Å². The predicted octanol–water partition coefficient (Wildman–Crippen LogP) is 3.53. The van der Waals surface area contributed by atoms with Crippen molar-refractivity contribution in [2.24, 2.45) is 0 Å². The van der Waals surface area contributed by atoms with Crippen molar-refractivity contribution in [2.45, 2.75) is 12.5 Å². The number of aromatic nitrogens is 4. The van der Waals surface area contributed by atoms with E-state index in [0.29, 0.717) is 66.1 Å². The normalized spacial score (nSPS) is 18.7. The van der Waals surface area contributed by atoms with Crippen molar-refractivity contribution in [3.8, 4) is 0 Å². The Bertz CT molecular complexity index is 1350. The summed E-state index contributed by atoms with van der Waals surface area (Å²) >= 11 is 4.75. The maximum absolute atomic E-state index is 14.4. The van der Waals surface area contributed by atoms with Crippen molar-refractivity contribution < 1.29 is 18.3 Å². The third-order valence-electron chi connectivity index (χ3n) is 5.86. The molecule has 1 atom stereocenters. The smallest absolute Gasteiger partial charge is 0.299 e. The first-order chi connectivity index (χ1) is 16.1. The zero-order valence-electron chi connectivity index (χ0n) is 17.3. The van der Waals surface area contributed by atoms with Gasteiger partial charge < -0.3 is 23.9 Å². The highest BCUT2D eigenvalue weighted by Gasteiger charge is 2.39. The fourth-order valence-corrected chi connectivity index (χ4v) is 5.74. The van der Waals surface area contributed by atoms with Gasteiger partial charge in [-0.1, -0.05) is 6.07 Å². The van der Waals surface area contributed by atoms with Crippen LogP contribution in [0.3, 0.4) is 0 Å². The lowest BCUT2D eigenvalue weighted by Crippen LogP contribution is -2.40. The Balaban J connectivity index is 1.40. The second-order valence-corrected chi connectivity index (χ2v) is 9.59. The molecule has 1 fully saturated rings. The van der Waals surface area contributed by atoms with Crippen LogP contribution >= 0.6 is 27.3 Å². The first-order valence-electron chi connectivity index (χ1n) is 10.5. The second-order valence-electron chi connectivity index (χ2n) is 7.77. The topological polar surface area (TPSA) is 100 Å². The first-order valence-corrected chi connectivity index (χ1v) is 12.1. The minimum absolute atomic E-state index is 0.118. The molecule has 9 nitrogen and oxygen atoms in total. The van der Waals surface area contributed by atoms with Gasteiger partial charge in [-0.25, -0.2) is 14.4 Å². The molecule has 0 saturated carbocycles. The number of thiazole rings is 1. The third-order valence-corrected chi connectivity index (χ3v) is 7.47. The molecule has 170 valence electrons. The van der Waals surface area contributed by atoms with Crippen molar-refractivity contribution in [3.05, 3.63) is 57.1 Å². The molecule has 0 radical (unpaired) electrons. The lowest BCUT2D eigenvalue weighted by atomic mass is 10.0. The van der Waals surface area contributed by atoms with Gasteiger partial charge in [-0.15, -0.1) is 11.3 Å². The molecule has 12 heteroatoms. The van der Waals surface area contributed by atoms with Crippen LogP contribution in [0.1, 0.15) is 33.0 Å². The molecule has 1 saturated heterocycles. The molecule has 1 aromatic carbocycles. The van der Waals surface area contributed by atoms with Gasteiger partial charge in [0.15, 0.2) is 4.60 Å². The van der Waals surface area contributed by atoms with E-state index in [1.165, 1.54) is 17.4 Å². The number of morpholine rings is 1. The number of benzene rings is 1. The second kappa shape index (κ2) is 8.19. The Labute approximate surface area is 199 Å². The molecule has 1 N–H and O–H groups in total. The minimum atomic E-state index is -0.562. The van der Waals surface area contributed by atoms with Gasteiger partial charge in [0.25, 0.3) is 11.9 Å². The number of aromatic amines is 1. The summed E-state index contributed by atoms with van der Waals surface area (Å²) in [5, 5.41) is 0.598. The highest BCUT2D eigenvalue weighted by molar-refractivity contribution is 9.10. The number of H-pyrrole nitrogens is 1. The van der Waals surface area contributed by atoms with E-state index in [-0.39, 0.29) is 17.5 Å². The number of nitrogens with one attached hydrogen (secondary N) is 1. The molecular formula is C21H18BrFN6O3S. The molecular weight excluding hydrogens is 515 g/mol. The number of carbonyl (C=O) groups is 1. The monoisotopic (exact) mass is 532 g/mol. The Morgan fingerprint density at radius 3 is 2.91 bits per heavy atom. The molecule has 3 aromatic heterocycles. The highest BCUT2D eigenvalue weighted by Crippen LogP contribution is 2.39. The van der Waals surface area contributed by atoms with Crippen LogP contribution in [0.15, 0.2) is 33.5 Å². The van der Waals surface area contributed by atoms with Crippen LogP contribution < -0.4 is 4.90 Å². The summed E-state index contributed by atoms with van der Waals surface area (Å²) in [7, 11) is 0. The molecule has 0 aliphatic carbocycles. The van der Waals surface area contributed by atoms with Gasteiger partial charge in [-0.3, -0.25) is 4.79 Å². The molecule has 4 aromatic rings. The van der Waals surface area contributed by atoms with Crippen molar-refractivity contribution >= 4 is 49.4 Å². The highest BCUT2D eigenvalue weighted by atomic mass is 79.9. The van der Waals surface area contributed by atoms with E-state index >= 15 is 0 Å². The van der Waals surface area contributed by atoms with Gasteiger partial charge in [0.1, 0.15) is 22.4 Å².